The molecule has 0 aromatic rings. The van der Waals surface area contributed by atoms with Gasteiger partial charge >= 0.3 is 17.9 Å². The van der Waals surface area contributed by atoms with Crippen molar-refractivity contribution >= 4 is 17.9 Å². The molecule has 6 heteroatoms. The minimum atomic E-state index is -0.774. The van der Waals surface area contributed by atoms with Crippen molar-refractivity contribution in [3.05, 3.63) is 36.5 Å². The first-order valence-electron chi connectivity index (χ1n) is 21.5. The van der Waals surface area contributed by atoms with Crippen molar-refractivity contribution in [3.63, 3.8) is 0 Å². The summed E-state index contributed by atoms with van der Waals surface area (Å²) in [5.74, 6) is -0.915. The zero-order valence-corrected chi connectivity index (χ0v) is 33.6. The average Bonchev–Trinajstić information content (AvgIpc) is 3.13. The molecule has 0 amide bonds. The fourth-order valence-electron chi connectivity index (χ4n) is 5.80. The second kappa shape index (κ2) is 40.4. The Morgan fingerprint density at radius 3 is 1.18 bits per heavy atom. The lowest BCUT2D eigenvalue weighted by Gasteiger charge is -2.18. The maximum Gasteiger partial charge on any atom is 0.306 e. The zero-order valence-electron chi connectivity index (χ0n) is 33.6. The third-order valence-electron chi connectivity index (χ3n) is 9.12. The molecule has 0 fully saturated rings. The van der Waals surface area contributed by atoms with E-state index in [0.717, 1.165) is 89.9 Å². The lowest BCUT2D eigenvalue weighted by atomic mass is 10.1. The standard InChI is InChI=1S/C45H80O6/c1-4-7-10-13-16-18-20-22-24-25-27-29-32-35-38-44(47)50-41-42(40-49-43(46)37-34-31-15-12-9-6-3)51-45(48)39-36-33-30-28-26-23-21-19-17-14-11-8-5-2/h13,16,19-22,42H,4-12,14-15,17-18,23-41H2,1-3H3/b16-13-,21-19-,22-20-. The van der Waals surface area contributed by atoms with E-state index in [4.69, 9.17) is 14.2 Å². The maximum atomic E-state index is 12.6. The van der Waals surface area contributed by atoms with Gasteiger partial charge in [-0.1, -0.05) is 160 Å². The third kappa shape index (κ3) is 38.7. The molecular formula is C45H80O6. The number of hydrogen-bond donors (Lipinski definition) is 0. The van der Waals surface area contributed by atoms with Gasteiger partial charge in [-0.2, -0.15) is 0 Å². The Morgan fingerprint density at radius 2 is 0.725 bits per heavy atom. The van der Waals surface area contributed by atoms with Crippen LogP contribution in [0.1, 0.15) is 213 Å². The molecule has 0 aliphatic rings. The van der Waals surface area contributed by atoms with Gasteiger partial charge in [0.1, 0.15) is 13.2 Å². The summed E-state index contributed by atoms with van der Waals surface area (Å²) in [7, 11) is 0. The molecule has 0 saturated heterocycles. The molecule has 6 nitrogen and oxygen atoms in total. The summed E-state index contributed by atoms with van der Waals surface area (Å²) < 4.78 is 16.6. The molecule has 1 atom stereocenters. The highest BCUT2D eigenvalue weighted by Crippen LogP contribution is 2.13. The predicted molar refractivity (Wildman–Crippen MR) is 215 cm³/mol. The summed E-state index contributed by atoms with van der Waals surface area (Å²) in [6, 6.07) is 0. The van der Waals surface area contributed by atoms with E-state index < -0.39 is 6.10 Å². The van der Waals surface area contributed by atoms with Crippen molar-refractivity contribution in [1.82, 2.24) is 0 Å². The topological polar surface area (TPSA) is 78.9 Å². The van der Waals surface area contributed by atoms with Crippen LogP contribution in [0.5, 0.6) is 0 Å². The highest BCUT2D eigenvalue weighted by molar-refractivity contribution is 5.71. The Hall–Kier alpha value is -2.37. The van der Waals surface area contributed by atoms with Crippen molar-refractivity contribution in [2.24, 2.45) is 0 Å². The summed E-state index contributed by atoms with van der Waals surface area (Å²) in [5, 5.41) is 0. The number of hydrogen-bond acceptors (Lipinski definition) is 6. The van der Waals surface area contributed by atoms with Crippen molar-refractivity contribution in [1.29, 1.82) is 0 Å². The fraction of sp³-hybridized carbons (Fsp3) is 0.800. The Kier molecular flexibility index (Phi) is 38.5. The van der Waals surface area contributed by atoms with Gasteiger partial charge in [0, 0.05) is 19.3 Å². The third-order valence-corrected chi connectivity index (χ3v) is 9.12. The Balaban J connectivity index is 4.33. The van der Waals surface area contributed by atoms with Crippen molar-refractivity contribution < 1.29 is 28.6 Å². The molecule has 0 aliphatic carbocycles. The van der Waals surface area contributed by atoms with Gasteiger partial charge in [-0.3, -0.25) is 14.4 Å². The minimum Gasteiger partial charge on any atom is -0.462 e. The smallest absolute Gasteiger partial charge is 0.306 e. The first-order valence-corrected chi connectivity index (χ1v) is 21.5. The lowest BCUT2D eigenvalue weighted by Crippen LogP contribution is -2.30. The summed E-state index contributed by atoms with van der Waals surface area (Å²) in [4.78, 5) is 37.4. The number of carbonyl (C=O) groups is 3. The van der Waals surface area contributed by atoms with E-state index in [1.54, 1.807) is 0 Å². The molecule has 0 N–H and O–H groups in total. The Bertz CT molecular complexity index is 876. The van der Waals surface area contributed by atoms with Crippen LogP contribution in [-0.4, -0.2) is 37.2 Å². The number of esters is 3. The number of carbonyl (C=O) groups excluding carboxylic acids is 3. The van der Waals surface area contributed by atoms with Crippen LogP contribution in [0.15, 0.2) is 36.5 Å². The van der Waals surface area contributed by atoms with Crippen LogP contribution in [0.2, 0.25) is 0 Å². The van der Waals surface area contributed by atoms with Gasteiger partial charge in [0.15, 0.2) is 6.10 Å². The second-order valence-electron chi connectivity index (χ2n) is 14.3. The monoisotopic (exact) mass is 717 g/mol. The molecule has 0 heterocycles. The van der Waals surface area contributed by atoms with Crippen LogP contribution in [0.3, 0.4) is 0 Å². The molecule has 1 unspecified atom stereocenters. The van der Waals surface area contributed by atoms with Gasteiger partial charge in [-0.05, 0) is 70.6 Å². The van der Waals surface area contributed by atoms with Crippen molar-refractivity contribution in [3.8, 4) is 0 Å². The maximum absolute atomic E-state index is 12.6. The van der Waals surface area contributed by atoms with Gasteiger partial charge in [-0.25, -0.2) is 0 Å². The molecule has 0 bridgehead atoms. The predicted octanol–water partition coefficient (Wildman–Crippen LogP) is 13.4. The number of ether oxygens (including phenoxy) is 3. The molecule has 0 aromatic carbocycles. The zero-order chi connectivity index (χ0) is 37.3. The lowest BCUT2D eigenvalue weighted by molar-refractivity contribution is -0.167. The first-order chi connectivity index (χ1) is 25.0. The fourth-order valence-corrected chi connectivity index (χ4v) is 5.80. The summed E-state index contributed by atoms with van der Waals surface area (Å²) in [6.07, 6.45) is 44.2. The van der Waals surface area contributed by atoms with Gasteiger partial charge in [-0.15, -0.1) is 0 Å². The van der Waals surface area contributed by atoms with E-state index in [2.05, 4.69) is 57.2 Å². The first kappa shape index (κ1) is 48.6. The number of allylic oxidation sites excluding steroid dienone is 6. The normalized spacial score (nSPS) is 12.3. The van der Waals surface area contributed by atoms with E-state index in [-0.39, 0.29) is 31.1 Å². The van der Waals surface area contributed by atoms with Gasteiger partial charge < -0.3 is 14.2 Å². The summed E-state index contributed by atoms with van der Waals surface area (Å²) in [5.41, 5.74) is 0. The molecule has 0 spiro atoms. The van der Waals surface area contributed by atoms with Crippen LogP contribution < -0.4 is 0 Å². The van der Waals surface area contributed by atoms with Crippen LogP contribution >= 0.6 is 0 Å². The molecule has 296 valence electrons. The van der Waals surface area contributed by atoms with E-state index in [9.17, 15) is 14.4 Å². The summed E-state index contributed by atoms with van der Waals surface area (Å²) in [6.45, 7) is 6.49. The molecule has 0 rings (SSSR count). The Morgan fingerprint density at radius 1 is 0.392 bits per heavy atom. The minimum absolute atomic E-state index is 0.0800. The van der Waals surface area contributed by atoms with Crippen LogP contribution in [0.25, 0.3) is 0 Å². The van der Waals surface area contributed by atoms with Crippen LogP contribution in [-0.2, 0) is 28.6 Å². The molecule has 0 saturated carbocycles. The molecule has 0 radical (unpaired) electrons. The highest BCUT2D eigenvalue weighted by Gasteiger charge is 2.19. The quantitative estimate of drug-likeness (QED) is 0.0274. The van der Waals surface area contributed by atoms with E-state index >= 15 is 0 Å². The van der Waals surface area contributed by atoms with Crippen LogP contribution in [0.4, 0.5) is 0 Å². The molecular weight excluding hydrogens is 636 g/mol. The Labute approximate surface area is 315 Å². The largest absolute Gasteiger partial charge is 0.462 e. The summed E-state index contributed by atoms with van der Waals surface area (Å²) >= 11 is 0. The van der Waals surface area contributed by atoms with Gasteiger partial charge in [0.25, 0.3) is 0 Å². The van der Waals surface area contributed by atoms with Crippen molar-refractivity contribution in [2.75, 3.05) is 13.2 Å². The van der Waals surface area contributed by atoms with Gasteiger partial charge in [0.05, 0.1) is 0 Å². The molecule has 0 aromatic heterocycles. The second-order valence-corrected chi connectivity index (χ2v) is 14.3. The van der Waals surface area contributed by atoms with Gasteiger partial charge in [0.2, 0.25) is 0 Å². The van der Waals surface area contributed by atoms with E-state index in [1.165, 1.54) is 83.5 Å². The van der Waals surface area contributed by atoms with Crippen molar-refractivity contribution in [2.45, 2.75) is 219 Å². The number of rotatable bonds is 38. The SMILES string of the molecule is CCCC/C=C\C/C=C\CCCCCCCC(=O)OCC(COC(=O)CCCCCCCC)OC(=O)CCCCCCC/C=C\CCCCCC. The average molecular weight is 717 g/mol. The highest BCUT2D eigenvalue weighted by atomic mass is 16.6. The van der Waals surface area contributed by atoms with E-state index in [1.807, 2.05) is 0 Å². The van der Waals surface area contributed by atoms with Crippen LogP contribution in [0, 0.1) is 0 Å². The molecule has 51 heavy (non-hydrogen) atoms. The number of unbranched alkanes of at least 4 members (excludes halogenated alkanes) is 21. The van der Waals surface area contributed by atoms with E-state index in [0.29, 0.717) is 19.3 Å². The molecule has 0 aliphatic heterocycles.